The number of aromatic nitrogens is 3. The molecule has 0 aliphatic carbocycles. The molecule has 3 heterocycles. The highest BCUT2D eigenvalue weighted by atomic mass is 16.5. The number of ether oxygens (including phenoxy) is 1. The molecule has 1 aliphatic rings. The Bertz CT molecular complexity index is 1460. The molecule has 3 aromatic carbocycles. The standard InChI is InChI=1S/C28H26N4O/c1-18(2)28-30-24-9-7-20(16-25(24)31-28)19-8-10-27-21(15-19)17-32(13-14-33-27)26-11-12-29-23-6-4-3-5-22(23)26/h3-12,15-16,18H,13-14,17H2,1-2H3,(H,30,31). The first-order valence-corrected chi connectivity index (χ1v) is 11.5. The molecule has 0 spiro atoms. The topological polar surface area (TPSA) is 54.0 Å². The van der Waals surface area contributed by atoms with Gasteiger partial charge >= 0.3 is 0 Å². The van der Waals surface area contributed by atoms with E-state index in [0.29, 0.717) is 12.5 Å². The Balaban J connectivity index is 1.37. The van der Waals surface area contributed by atoms with Gasteiger partial charge in [-0.05, 0) is 47.5 Å². The van der Waals surface area contributed by atoms with Gasteiger partial charge in [-0.1, -0.05) is 44.2 Å². The minimum Gasteiger partial charge on any atom is -0.491 e. The summed E-state index contributed by atoms with van der Waals surface area (Å²) in [7, 11) is 0. The number of fused-ring (bicyclic) bond motifs is 3. The molecule has 33 heavy (non-hydrogen) atoms. The molecule has 0 atom stereocenters. The van der Waals surface area contributed by atoms with E-state index in [1.807, 2.05) is 12.3 Å². The highest BCUT2D eigenvalue weighted by Crippen LogP contribution is 2.34. The maximum atomic E-state index is 6.13. The van der Waals surface area contributed by atoms with Crippen LogP contribution in [0.2, 0.25) is 0 Å². The van der Waals surface area contributed by atoms with Gasteiger partial charge in [0.1, 0.15) is 18.2 Å². The molecule has 0 radical (unpaired) electrons. The summed E-state index contributed by atoms with van der Waals surface area (Å²) in [5.41, 5.74) is 7.85. The first-order valence-electron chi connectivity index (χ1n) is 11.5. The van der Waals surface area contributed by atoms with Gasteiger partial charge in [0.05, 0.1) is 23.1 Å². The average Bonchev–Trinajstić information content (AvgIpc) is 3.16. The zero-order chi connectivity index (χ0) is 22.4. The molecule has 1 N–H and O–H groups in total. The molecule has 5 nitrogen and oxygen atoms in total. The summed E-state index contributed by atoms with van der Waals surface area (Å²) in [5, 5.41) is 1.17. The fourth-order valence-corrected chi connectivity index (χ4v) is 4.62. The van der Waals surface area contributed by atoms with Crippen LogP contribution in [-0.4, -0.2) is 28.1 Å². The maximum Gasteiger partial charge on any atom is 0.124 e. The molecule has 1 aliphatic heterocycles. The summed E-state index contributed by atoms with van der Waals surface area (Å²) < 4.78 is 6.13. The van der Waals surface area contributed by atoms with Crippen LogP contribution in [0, 0.1) is 0 Å². The summed E-state index contributed by atoms with van der Waals surface area (Å²) in [6.07, 6.45) is 1.89. The summed E-state index contributed by atoms with van der Waals surface area (Å²) in [4.78, 5) is 15.1. The van der Waals surface area contributed by atoms with E-state index in [-0.39, 0.29) is 0 Å². The van der Waals surface area contributed by atoms with Crippen molar-refractivity contribution in [1.82, 2.24) is 15.0 Å². The van der Waals surface area contributed by atoms with E-state index in [1.165, 1.54) is 27.8 Å². The van der Waals surface area contributed by atoms with Crippen molar-refractivity contribution < 1.29 is 4.74 Å². The largest absolute Gasteiger partial charge is 0.491 e. The third-order valence-corrected chi connectivity index (χ3v) is 6.39. The number of hydrogen-bond donors (Lipinski definition) is 1. The van der Waals surface area contributed by atoms with Crippen molar-refractivity contribution in [2.75, 3.05) is 18.1 Å². The predicted molar refractivity (Wildman–Crippen MR) is 134 cm³/mol. The Morgan fingerprint density at radius 3 is 2.70 bits per heavy atom. The van der Waals surface area contributed by atoms with Crippen LogP contribution in [0.5, 0.6) is 5.75 Å². The summed E-state index contributed by atoms with van der Waals surface area (Å²) in [5.74, 6) is 2.36. The average molecular weight is 435 g/mol. The van der Waals surface area contributed by atoms with Crippen molar-refractivity contribution in [2.24, 2.45) is 0 Å². The lowest BCUT2D eigenvalue weighted by molar-refractivity contribution is 0.332. The van der Waals surface area contributed by atoms with Crippen molar-refractivity contribution in [2.45, 2.75) is 26.3 Å². The number of hydrogen-bond acceptors (Lipinski definition) is 4. The quantitative estimate of drug-likeness (QED) is 0.362. The van der Waals surface area contributed by atoms with Gasteiger partial charge in [-0.15, -0.1) is 0 Å². The molecule has 0 bridgehead atoms. The molecule has 5 heteroatoms. The van der Waals surface area contributed by atoms with Gasteiger partial charge in [-0.25, -0.2) is 4.98 Å². The Kier molecular flexibility index (Phi) is 4.75. The van der Waals surface area contributed by atoms with Crippen LogP contribution in [0.3, 0.4) is 0 Å². The van der Waals surface area contributed by atoms with Crippen molar-refractivity contribution in [3.8, 4) is 16.9 Å². The first kappa shape index (κ1) is 19.8. The Morgan fingerprint density at radius 2 is 1.79 bits per heavy atom. The zero-order valence-corrected chi connectivity index (χ0v) is 18.9. The van der Waals surface area contributed by atoms with Crippen LogP contribution in [-0.2, 0) is 6.54 Å². The molecule has 164 valence electrons. The van der Waals surface area contributed by atoms with Crippen LogP contribution in [0.15, 0.2) is 72.9 Å². The van der Waals surface area contributed by atoms with E-state index < -0.39 is 0 Å². The van der Waals surface area contributed by atoms with E-state index in [1.54, 1.807) is 0 Å². The summed E-state index contributed by atoms with van der Waals surface area (Å²) >= 11 is 0. The highest BCUT2D eigenvalue weighted by Gasteiger charge is 2.19. The van der Waals surface area contributed by atoms with Crippen LogP contribution < -0.4 is 9.64 Å². The monoisotopic (exact) mass is 434 g/mol. The molecule has 6 rings (SSSR count). The SMILES string of the molecule is CC(C)c1nc2ccc(-c3ccc4c(c3)CN(c3ccnc5ccccc35)CCO4)cc2[nH]1. The Hall–Kier alpha value is -3.86. The smallest absolute Gasteiger partial charge is 0.124 e. The van der Waals surface area contributed by atoms with E-state index in [2.05, 4.69) is 89.4 Å². The lowest BCUT2D eigenvalue weighted by atomic mass is 10.0. The van der Waals surface area contributed by atoms with E-state index in [9.17, 15) is 0 Å². The van der Waals surface area contributed by atoms with E-state index in [0.717, 1.165) is 41.2 Å². The van der Waals surface area contributed by atoms with Gasteiger partial charge in [-0.2, -0.15) is 0 Å². The van der Waals surface area contributed by atoms with Crippen LogP contribution in [0.1, 0.15) is 31.2 Å². The van der Waals surface area contributed by atoms with Crippen LogP contribution in [0.4, 0.5) is 5.69 Å². The number of rotatable bonds is 3. The fourth-order valence-electron chi connectivity index (χ4n) is 4.62. The van der Waals surface area contributed by atoms with Gasteiger partial charge in [0.25, 0.3) is 0 Å². The minimum atomic E-state index is 0.376. The van der Waals surface area contributed by atoms with Gasteiger partial charge in [0.2, 0.25) is 0 Å². The van der Waals surface area contributed by atoms with Gasteiger partial charge in [0.15, 0.2) is 0 Å². The molecule has 2 aromatic heterocycles. The third-order valence-electron chi connectivity index (χ3n) is 6.39. The van der Waals surface area contributed by atoms with E-state index >= 15 is 0 Å². The Labute approximate surface area is 193 Å². The normalized spacial score (nSPS) is 13.8. The lowest BCUT2D eigenvalue weighted by Gasteiger charge is -2.23. The summed E-state index contributed by atoms with van der Waals surface area (Å²) in [6, 6.07) is 23.4. The number of para-hydroxylation sites is 1. The molecule has 0 unspecified atom stereocenters. The molecule has 0 saturated heterocycles. The number of nitrogens with one attached hydrogen (secondary N) is 1. The van der Waals surface area contributed by atoms with E-state index in [4.69, 9.17) is 9.72 Å². The number of nitrogens with zero attached hydrogens (tertiary/aromatic N) is 3. The number of benzene rings is 3. The molecule has 5 aromatic rings. The third kappa shape index (κ3) is 3.59. The van der Waals surface area contributed by atoms with Crippen LogP contribution in [0.25, 0.3) is 33.1 Å². The maximum absolute atomic E-state index is 6.13. The molecular weight excluding hydrogens is 408 g/mol. The predicted octanol–water partition coefficient (Wildman–Crippen LogP) is 6.30. The van der Waals surface area contributed by atoms with Gasteiger partial charge in [0, 0.05) is 35.3 Å². The first-order chi connectivity index (χ1) is 16.2. The second-order valence-electron chi connectivity index (χ2n) is 8.95. The molecular formula is C28H26N4O. The van der Waals surface area contributed by atoms with Crippen molar-refractivity contribution in [1.29, 1.82) is 0 Å². The molecule has 0 saturated carbocycles. The highest BCUT2D eigenvalue weighted by molar-refractivity contribution is 5.91. The Morgan fingerprint density at radius 1 is 0.939 bits per heavy atom. The van der Waals surface area contributed by atoms with Crippen LogP contribution >= 0.6 is 0 Å². The van der Waals surface area contributed by atoms with Gasteiger partial charge in [-0.3, -0.25) is 4.98 Å². The minimum absolute atomic E-state index is 0.376. The number of pyridine rings is 1. The molecule has 0 amide bonds. The van der Waals surface area contributed by atoms with Crippen molar-refractivity contribution >= 4 is 27.6 Å². The summed E-state index contributed by atoms with van der Waals surface area (Å²) in [6.45, 7) is 6.59. The van der Waals surface area contributed by atoms with Crippen molar-refractivity contribution in [3.63, 3.8) is 0 Å². The lowest BCUT2D eigenvalue weighted by Crippen LogP contribution is -2.25. The second-order valence-corrected chi connectivity index (χ2v) is 8.95. The number of imidazole rings is 1. The number of H-pyrrole nitrogens is 1. The van der Waals surface area contributed by atoms with Crippen molar-refractivity contribution in [3.05, 3.63) is 84.3 Å². The fraction of sp³-hybridized carbons (Fsp3) is 0.214. The number of aromatic amines is 1. The second kappa shape index (κ2) is 7.93. The van der Waals surface area contributed by atoms with Gasteiger partial charge < -0.3 is 14.6 Å². The number of anilines is 1. The molecule has 0 fully saturated rings. The zero-order valence-electron chi connectivity index (χ0n) is 18.9.